The van der Waals surface area contributed by atoms with Crippen molar-refractivity contribution in [1.82, 2.24) is 14.7 Å². The van der Waals surface area contributed by atoms with Gasteiger partial charge in [0.05, 0.1) is 9.75 Å². The predicted molar refractivity (Wildman–Crippen MR) is 90.3 cm³/mol. The Morgan fingerprint density at radius 3 is 2.77 bits per heavy atom. The van der Waals surface area contributed by atoms with Gasteiger partial charge in [-0.3, -0.25) is 9.48 Å². The van der Waals surface area contributed by atoms with E-state index in [2.05, 4.69) is 25.0 Å². The number of amides is 1. The molecule has 0 N–H and O–H groups in total. The minimum atomic E-state index is 0.181. The zero-order valence-corrected chi connectivity index (χ0v) is 14.2. The quantitative estimate of drug-likeness (QED) is 0.856. The summed E-state index contributed by atoms with van der Waals surface area (Å²) in [5, 5.41) is 4.66. The molecule has 1 fully saturated rings. The number of aromatic nitrogens is 2. The van der Waals surface area contributed by atoms with E-state index >= 15 is 0 Å². The van der Waals surface area contributed by atoms with Crippen LogP contribution in [0.5, 0.6) is 0 Å². The fourth-order valence-electron chi connectivity index (χ4n) is 2.91. The van der Waals surface area contributed by atoms with E-state index in [4.69, 9.17) is 0 Å². The van der Waals surface area contributed by atoms with Crippen LogP contribution in [0.2, 0.25) is 0 Å². The summed E-state index contributed by atoms with van der Waals surface area (Å²) >= 11 is 1.56. The van der Waals surface area contributed by atoms with Gasteiger partial charge >= 0.3 is 0 Å². The molecule has 3 heterocycles. The second-order valence-electron chi connectivity index (χ2n) is 5.91. The third-order valence-electron chi connectivity index (χ3n) is 4.13. The molecule has 2 aromatic heterocycles. The van der Waals surface area contributed by atoms with Gasteiger partial charge in [-0.25, -0.2) is 0 Å². The van der Waals surface area contributed by atoms with Crippen LogP contribution >= 0.6 is 11.3 Å². The second-order valence-corrected chi connectivity index (χ2v) is 6.99. The number of hydrogen-bond donors (Lipinski definition) is 0. The summed E-state index contributed by atoms with van der Waals surface area (Å²) in [5.74, 6) is 0.181. The number of hydrogen-bond acceptors (Lipinski definition) is 3. The van der Waals surface area contributed by atoms with Crippen molar-refractivity contribution in [2.75, 3.05) is 13.1 Å². The molecule has 1 saturated heterocycles. The van der Waals surface area contributed by atoms with Crippen molar-refractivity contribution in [3.63, 3.8) is 0 Å². The third kappa shape index (κ3) is 3.09. The van der Waals surface area contributed by atoms with Crippen molar-refractivity contribution in [1.29, 1.82) is 0 Å². The second kappa shape index (κ2) is 6.65. The minimum absolute atomic E-state index is 0.181. The first-order valence-electron chi connectivity index (χ1n) is 8.13. The number of carbonyl (C=O) groups is 1. The van der Waals surface area contributed by atoms with Crippen molar-refractivity contribution >= 4 is 17.2 Å². The summed E-state index contributed by atoms with van der Waals surface area (Å²) in [6, 6.07) is 6.08. The number of piperidine rings is 1. The van der Waals surface area contributed by atoms with Crippen LogP contribution in [0.25, 0.3) is 10.6 Å². The van der Waals surface area contributed by atoms with Crippen molar-refractivity contribution in [2.45, 2.75) is 46.1 Å². The molecule has 3 rings (SSSR count). The Hall–Kier alpha value is -1.62. The van der Waals surface area contributed by atoms with Crippen molar-refractivity contribution in [3.05, 3.63) is 28.8 Å². The lowest BCUT2D eigenvalue weighted by molar-refractivity contribution is 0.0729. The molecule has 0 atom stereocenters. The van der Waals surface area contributed by atoms with E-state index in [0.29, 0.717) is 0 Å². The van der Waals surface area contributed by atoms with Gasteiger partial charge < -0.3 is 4.90 Å². The van der Waals surface area contributed by atoms with E-state index in [1.165, 1.54) is 12.1 Å². The summed E-state index contributed by atoms with van der Waals surface area (Å²) in [6.07, 6.45) is 4.58. The Morgan fingerprint density at radius 2 is 2.05 bits per heavy atom. The van der Waals surface area contributed by atoms with Crippen LogP contribution in [-0.4, -0.2) is 33.7 Å². The first-order valence-corrected chi connectivity index (χ1v) is 8.94. The smallest absolute Gasteiger partial charge is 0.263 e. The number of thiophene rings is 1. The van der Waals surface area contributed by atoms with Crippen LogP contribution in [0.15, 0.2) is 18.2 Å². The number of nitrogens with zero attached hydrogens (tertiary/aromatic N) is 3. The molecule has 5 heteroatoms. The maximum absolute atomic E-state index is 12.5. The van der Waals surface area contributed by atoms with Gasteiger partial charge in [-0.1, -0.05) is 6.92 Å². The fourth-order valence-corrected chi connectivity index (χ4v) is 3.84. The van der Waals surface area contributed by atoms with E-state index in [1.54, 1.807) is 11.3 Å². The Bertz CT molecular complexity index is 653. The van der Waals surface area contributed by atoms with Gasteiger partial charge in [0.1, 0.15) is 5.69 Å². The molecule has 22 heavy (non-hydrogen) atoms. The number of aryl methyl sites for hydroxylation is 2. The molecule has 0 saturated carbocycles. The molecular weight excluding hydrogens is 294 g/mol. The molecule has 0 aromatic carbocycles. The van der Waals surface area contributed by atoms with Crippen molar-refractivity contribution in [3.8, 4) is 10.6 Å². The summed E-state index contributed by atoms with van der Waals surface area (Å²) in [5.41, 5.74) is 2.16. The van der Waals surface area contributed by atoms with Crippen molar-refractivity contribution in [2.24, 2.45) is 0 Å². The van der Waals surface area contributed by atoms with Crippen LogP contribution in [0.3, 0.4) is 0 Å². The highest BCUT2D eigenvalue weighted by atomic mass is 32.1. The number of carbonyl (C=O) groups excluding carboxylic acids is 1. The first kappa shape index (κ1) is 15.3. The van der Waals surface area contributed by atoms with Crippen LogP contribution in [0.4, 0.5) is 0 Å². The Labute approximate surface area is 135 Å². The molecule has 1 amide bonds. The normalized spacial score (nSPS) is 15.3. The summed E-state index contributed by atoms with van der Waals surface area (Å²) in [6.45, 7) is 6.98. The molecule has 0 unspecified atom stereocenters. The fraction of sp³-hybridized carbons (Fsp3) is 0.529. The molecule has 4 nitrogen and oxygen atoms in total. The Morgan fingerprint density at radius 1 is 1.27 bits per heavy atom. The minimum Gasteiger partial charge on any atom is -0.338 e. The van der Waals surface area contributed by atoms with E-state index in [-0.39, 0.29) is 5.91 Å². The Balaban J connectivity index is 1.78. The largest absolute Gasteiger partial charge is 0.338 e. The van der Waals surface area contributed by atoms with Gasteiger partial charge in [-0.2, -0.15) is 5.10 Å². The van der Waals surface area contributed by atoms with E-state index < -0.39 is 0 Å². The van der Waals surface area contributed by atoms with Crippen LogP contribution < -0.4 is 0 Å². The topological polar surface area (TPSA) is 38.1 Å². The van der Waals surface area contributed by atoms with Crippen LogP contribution in [-0.2, 0) is 6.54 Å². The summed E-state index contributed by atoms with van der Waals surface area (Å²) in [7, 11) is 0. The zero-order chi connectivity index (χ0) is 15.5. The third-order valence-corrected chi connectivity index (χ3v) is 5.22. The number of rotatable bonds is 4. The molecule has 118 valence electrons. The molecule has 0 aliphatic carbocycles. The molecule has 1 aliphatic heterocycles. The van der Waals surface area contributed by atoms with Crippen LogP contribution in [0, 0.1) is 6.92 Å². The van der Waals surface area contributed by atoms with Gasteiger partial charge in [-0.15, -0.1) is 11.3 Å². The van der Waals surface area contributed by atoms with E-state index in [0.717, 1.165) is 54.3 Å². The maximum atomic E-state index is 12.5. The lowest BCUT2D eigenvalue weighted by atomic mass is 10.1. The molecule has 2 aromatic rings. The number of likely N-dealkylation sites (tertiary alicyclic amines) is 1. The highest BCUT2D eigenvalue weighted by Gasteiger charge is 2.20. The predicted octanol–water partition coefficient (Wildman–Crippen LogP) is 3.96. The SMILES string of the molecule is CCCn1nc(-c2ccc(C(=O)N3CCCCC3)s2)cc1C. The van der Waals surface area contributed by atoms with Gasteiger partial charge in [0.15, 0.2) is 0 Å². The molecule has 0 spiro atoms. The standard InChI is InChI=1S/C17H23N3OS/c1-3-9-20-13(2)12-14(18-20)15-7-8-16(22-15)17(21)19-10-5-4-6-11-19/h7-8,12H,3-6,9-11H2,1-2H3. The average molecular weight is 317 g/mol. The highest BCUT2D eigenvalue weighted by Crippen LogP contribution is 2.29. The van der Waals surface area contributed by atoms with Gasteiger partial charge in [0, 0.05) is 25.3 Å². The lowest BCUT2D eigenvalue weighted by Crippen LogP contribution is -2.35. The lowest BCUT2D eigenvalue weighted by Gasteiger charge is -2.26. The maximum Gasteiger partial charge on any atom is 0.263 e. The van der Waals surface area contributed by atoms with Gasteiger partial charge in [0.25, 0.3) is 5.91 Å². The van der Waals surface area contributed by atoms with Crippen LogP contribution in [0.1, 0.15) is 48.0 Å². The monoisotopic (exact) mass is 317 g/mol. The summed E-state index contributed by atoms with van der Waals surface area (Å²) in [4.78, 5) is 16.4. The zero-order valence-electron chi connectivity index (χ0n) is 13.3. The summed E-state index contributed by atoms with van der Waals surface area (Å²) < 4.78 is 2.04. The van der Waals surface area contributed by atoms with E-state index in [9.17, 15) is 4.79 Å². The van der Waals surface area contributed by atoms with Gasteiger partial charge in [0.2, 0.25) is 0 Å². The Kier molecular flexibility index (Phi) is 4.62. The average Bonchev–Trinajstić information content (AvgIpc) is 3.15. The molecule has 0 radical (unpaired) electrons. The molecule has 1 aliphatic rings. The highest BCUT2D eigenvalue weighted by molar-refractivity contribution is 7.17. The van der Waals surface area contributed by atoms with E-state index in [1.807, 2.05) is 21.7 Å². The van der Waals surface area contributed by atoms with Gasteiger partial charge in [-0.05, 0) is 50.8 Å². The molecular formula is C17H23N3OS. The molecule has 0 bridgehead atoms. The van der Waals surface area contributed by atoms with Crippen molar-refractivity contribution < 1.29 is 4.79 Å². The first-order chi connectivity index (χ1) is 10.7.